The lowest BCUT2D eigenvalue weighted by Crippen LogP contribution is -2.08. The van der Waals surface area contributed by atoms with Crippen molar-refractivity contribution in [1.29, 1.82) is 0 Å². The Morgan fingerprint density at radius 3 is 2.83 bits per heavy atom. The molecule has 146 valence electrons. The lowest BCUT2D eigenvalue weighted by molar-refractivity contribution is 0.357. The summed E-state index contributed by atoms with van der Waals surface area (Å²) < 4.78 is 35.4. The van der Waals surface area contributed by atoms with Crippen LogP contribution in [0.4, 0.5) is 8.78 Å². The summed E-state index contributed by atoms with van der Waals surface area (Å²) in [7, 11) is 0. The van der Waals surface area contributed by atoms with Gasteiger partial charge in [0, 0.05) is 52.0 Å². The number of fused-ring (bicyclic) bond motifs is 2. The van der Waals surface area contributed by atoms with E-state index in [1.54, 1.807) is 18.3 Å². The van der Waals surface area contributed by atoms with Gasteiger partial charge in [0.25, 0.3) is 5.56 Å². The zero-order valence-electron chi connectivity index (χ0n) is 15.8. The molecule has 29 heavy (non-hydrogen) atoms. The maximum Gasteiger partial charge on any atom is 0.255 e. The minimum Gasteiger partial charge on any atom is -0.493 e. The molecule has 4 aromatic rings. The van der Waals surface area contributed by atoms with E-state index in [1.807, 2.05) is 23.6 Å². The maximum atomic E-state index is 14.4. The van der Waals surface area contributed by atoms with Gasteiger partial charge in [-0.2, -0.15) is 0 Å². The van der Waals surface area contributed by atoms with Crippen LogP contribution in [0.1, 0.15) is 16.8 Å². The number of ether oxygens (including phenoxy) is 1. The first kappa shape index (κ1) is 17.7. The summed E-state index contributed by atoms with van der Waals surface area (Å²) in [5.74, 6) is -0.377. The molecule has 1 aliphatic rings. The summed E-state index contributed by atoms with van der Waals surface area (Å²) in [6, 6.07) is 11.2. The van der Waals surface area contributed by atoms with Gasteiger partial charge in [-0.15, -0.1) is 0 Å². The van der Waals surface area contributed by atoms with Gasteiger partial charge < -0.3 is 14.3 Å². The highest BCUT2D eigenvalue weighted by molar-refractivity contribution is 5.99. The van der Waals surface area contributed by atoms with Gasteiger partial charge in [-0.3, -0.25) is 4.79 Å². The zero-order chi connectivity index (χ0) is 20.1. The molecule has 0 radical (unpaired) electrons. The van der Waals surface area contributed by atoms with E-state index in [-0.39, 0.29) is 12.1 Å². The quantitative estimate of drug-likeness (QED) is 0.555. The van der Waals surface area contributed by atoms with Crippen LogP contribution in [0.2, 0.25) is 0 Å². The van der Waals surface area contributed by atoms with Crippen molar-refractivity contribution in [3.8, 4) is 16.9 Å². The molecule has 3 heterocycles. The summed E-state index contributed by atoms with van der Waals surface area (Å²) in [6.45, 7) is 2.77. The third-order valence-electron chi connectivity index (χ3n) is 5.57. The number of aromatic nitrogens is 2. The van der Waals surface area contributed by atoms with E-state index in [0.717, 1.165) is 46.0 Å². The number of rotatable bonds is 3. The first-order valence-electron chi connectivity index (χ1n) is 9.43. The Morgan fingerprint density at radius 1 is 1.17 bits per heavy atom. The monoisotopic (exact) mass is 392 g/mol. The fraction of sp³-hybridized carbons (Fsp3) is 0.174. The molecule has 5 rings (SSSR count). The average molecular weight is 392 g/mol. The van der Waals surface area contributed by atoms with Crippen LogP contribution in [-0.2, 0) is 13.0 Å². The second kappa shape index (κ2) is 6.58. The van der Waals surface area contributed by atoms with Crippen molar-refractivity contribution in [2.24, 2.45) is 0 Å². The molecular formula is C23H18F2N2O2. The van der Waals surface area contributed by atoms with Crippen LogP contribution >= 0.6 is 0 Å². The Bertz CT molecular complexity index is 1320. The maximum absolute atomic E-state index is 14.4. The molecule has 0 aliphatic carbocycles. The number of halogens is 2. The predicted molar refractivity (Wildman–Crippen MR) is 107 cm³/mol. The van der Waals surface area contributed by atoms with Crippen molar-refractivity contribution in [2.45, 2.75) is 19.9 Å². The smallest absolute Gasteiger partial charge is 0.255 e. The van der Waals surface area contributed by atoms with Gasteiger partial charge in [0.2, 0.25) is 0 Å². The minimum absolute atomic E-state index is 0.191. The summed E-state index contributed by atoms with van der Waals surface area (Å²) in [5.41, 5.74) is 4.36. The van der Waals surface area contributed by atoms with Gasteiger partial charge >= 0.3 is 0 Å². The second-order valence-corrected chi connectivity index (χ2v) is 7.27. The van der Waals surface area contributed by atoms with Gasteiger partial charge in [-0.05, 0) is 42.8 Å². The third kappa shape index (κ3) is 2.83. The fourth-order valence-corrected chi connectivity index (χ4v) is 4.13. The Morgan fingerprint density at radius 2 is 2.03 bits per heavy atom. The molecule has 0 saturated heterocycles. The van der Waals surface area contributed by atoms with Crippen LogP contribution in [0.5, 0.6) is 5.75 Å². The standard InChI is InChI=1S/C23H18F2N2O2/c1-13-22(17-3-2-7-26-23(17)28)18-11-21-14(6-8-29-21)9-20(18)27(13)12-15-4-5-16(24)10-19(15)25/h2-5,7,9-11H,6,8,12H2,1H3,(H,26,28). The SMILES string of the molecule is Cc1c(-c2ccc[nH]c2=O)c2cc3c(cc2n1Cc1ccc(F)cc1F)CCO3. The molecule has 0 saturated carbocycles. The van der Waals surface area contributed by atoms with Gasteiger partial charge in [-0.1, -0.05) is 6.07 Å². The Hall–Kier alpha value is -3.41. The van der Waals surface area contributed by atoms with E-state index >= 15 is 0 Å². The number of aromatic amines is 1. The largest absolute Gasteiger partial charge is 0.493 e. The van der Waals surface area contributed by atoms with E-state index < -0.39 is 11.6 Å². The van der Waals surface area contributed by atoms with Crippen molar-refractivity contribution in [1.82, 2.24) is 9.55 Å². The van der Waals surface area contributed by atoms with Gasteiger partial charge in [0.15, 0.2) is 0 Å². The summed E-state index contributed by atoms with van der Waals surface area (Å²) in [5, 5.41) is 0.877. The molecule has 2 aromatic carbocycles. The van der Waals surface area contributed by atoms with Crippen molar-refractivity contribution >= 4 is 10.9 Å². The van der Waals surface area contributed by atoms with Crippen molar-refractivity contribution in [3.63, 3.8) is 0 Å². The average Bonchev–Trinajstić information content (AvgIpc) is 3.25. The number of nitrogens with zero attached hydrogens (tertiary/aromatic N) is 1. The highest BCUT2D eigenvalue weighted by Gasteiger charge is 2.22. The lowest BCUT2D eigenvalue weighted by atomic mass is 10.0. The number of benzene rings is 2. The van der Waals surface area contributed by atoms with E-state index in [1.165, 1.54) is 12.1 Å². The summed E-state index contributed by atoms with van der Waals surface area (Å²) >= 11 is 0. The van der Waals surface area contributed by atoms with Crippen LogP contribution in [-0.4, -0.2) is 16.2 Å². The zero-order valence-corrected chi connectivity index (χ0v) is 15.8. The first-order chi connectivity index (χ1) is 14.0. The second-order valence-electron chi connectivity index (χ2n) is 7.27. The fourth-order valence-electron chi connectivity index (χ4n) is 4.13. The Labute approximate surface area is 165 Å². The van der Waals surface area contributed by atoms with E-state index in [2.05, 4.69) is 4.98 Å². The molecule has 0 unspecified atom stereocenters. The number of hydrogen-bond donors (Lipinski definition) is 1. The Balaban J connectivity index is 1.78. The molecule has 1 aliphatic heterocycles. The molecular weight excluding hydrogens is 374 g/mol. The van der Waals surface area contributed by atoms with Gasteiger partial charge in [0.05, 0.1) is 13.2 Å². The van der Waals surface area contributed by atoms with Gasteiger partial charge in [-0.25, -0.2) is 8.78 Å². The topological polar surface area (TPSA) is 47.0 Å². The normalized spacial score (nSPS) is 12.9. The van der Waals surface area contributed by atoms with Crippen LogP contribution in [0, 0.1) is 18.6 Å². The number of hydrogen-bond acceptors (Lipinski definition) is 2. The number of pyridine rings is 1. The number of nitrogens with one attached hydrogen (secondary N) is 1. The highest BCUT2D eigenvalue weighted by Crippen LogP contribution is 2.39. The number of H-pyrrole nitrogens is 1. The van der Waals surface area contributed by atoms with E-state index in [4.69, 9.17) is 4.74 Å². The first-order valence-corrected chi connectivity index (χ1v) is 9.43. The molecule has 0 amide bonds. The van der Waals surface area contributed by atoms with Crippen LogP contribution in [0.15, 0.2) is 53.5 Å². The van der Waals surface area contributed by atoms with Crippen LogP contribution in [0.3, 0.4) is 0 Å². The molecule has 0 bridgehead atoms. The van der Waals surface area contributed by atoms with Crippen molar-refractivity contribution in [2.75, 3.05) is 6.61 Å². The van der Waals surface area contributed by atoms with E-state index in [0.29, 0.717) is 17.7 Å². The minimum atomic E-state index is -0.605. The molecule has 0 spiro atoms. The lowest BCUT2D eigenvalue weighted by Gasteiger charge is -2.10. The summed E-state index contributed by atoms with van der Waals surface area (Å²) in [4.78, 5) is 15.2. The van der Waals surface area contributed by atoms with Crippen molar-refractivity contribution in [3.05, 3.63) is 87.5 Å². The third-order valence-corrected chi connectivity index (χ3v) is 5.57. The van der Waals surface area contributed by atoms with E-state index in [9.17, 15) is 13.6 Å². The molecule has 1 N–H and O–H groups in total. The molecule has 6 heteroatoms. The highest BCUT2D eigenvalue weighted by atomic mass is 19.1. The Kier molecular flexibility index (Phi) is 4.01. The molecule has 4 nitrogen and oxygen atoms in total. The van der Waals surface area contributed by atoms with Crippen LogP contribution in [0.25, 0.3) is 22.0 Å². The van der Waals surface area contributed by atoms with Crippen molar-refractivity contribution < 1.29 is 13.5 Å². The molecule has 0 atom stereocenters. The van der Waals surface area contributed by atoms with Gasteiger partial charge in [0.1, 0.15) is 17.4 Å². The molecule has 2 aromatic heterocycles. The summed E-state index contributed by atoms with van der Waals surface area (Å²) in [6.07, 6.45) is 2.40. The molecule has 0 fully saturated rings. The predicted octanol–water partition coefficient (Wildman–Crippen LogP) is 4.57. The van der Waals surface area contributed by atoms with Crippen LogP contribution < -0.4 is 10.3 Å².